The third kappa shape index (κ3) is 3.87. The van der Waals surface area contributed by atoms with Crippen LogP contribution in [0.25, 0.3) is 0 Å². The number of benzene rings is 1. The highest BCUT2D eigenvalue weighted by atomic mass is 32.1. The van der Waals surface area contributed by atoms with E-state index in [0.717, 1.165) is 46.3 Å². The van der Waals surface area contributed by atoms with Gasteiger partial charge in [0.2, 0.25) is 5.91 Å². The van der Waals surface area contributed by atoms with Gasteiger partial charge < -0.3 is 14.6 Å². The first kappa shape index (κ1) is 17.2. The number of aromatic nitrogens is 1. The van der Waals surface area contributed by atoms with E-state index in [9.17, 15) is 4.79 Å². The summed E-state index contributed by atoms with van der Waals surface area (Å²) in [5.41, 5.74) is 3.52. The van der Waals surface area contributed by atoms with E-state index in [1.54, 1.807) is 0 Å². The maximum absolute atomic E-state index is 12.6. The predicted octanol–water partition coefficient (Wildman–Crippen LogP) is 4.03. The Hall–Kier alpha value is -1.66. The van der Waals surface area contributed by atoms with Gasteiger partial charge in [0.25, 0.3) is 0 Å². The molecular weight excluding hydrogens is 340 g/mol. The molecule has 0 aliphatic carbocycles. The number of H-pyrrole nitrogens is 1. The number of nitrogens with one attached hydrogen (secondary N) is 1. The van der Waals surface area contributed by atoms with E-state index in [2.05, 4.69) is 24.0 Å². The molecule has 3 rings (SSSR count). The monoisotopic (exact) mass is 362 g/mol. The highest BCUT2D eigenvalue weighted by molar-refractivity contribution is 7.73. The molecule has 1 aliphatic heterocycles. The number of hydrogen-bond donors (Lipinski definition) is 1. The number of aromatic amines is 1. The Morgan fingerprint density at radius 2 is 2.25 bits per heavy atom. The molecule has 0 atom stereocenters. The van der Waals surface area contributed by atoms with E-state index in [-0.39, 0.29) is 5.91 Å². The molecule has 0 bridgehead atoms. The molecule has 2 aromatic rings. The number of hydrogen-bond acceptors (Lipinski definition) is 4. The van der Waals surface area contributed by atoms with Crippen LogP contribution >= 0.6 is 23.6 Å². The van der Waals surface area contributed by atoms with Crippen molar-refractivity contribution in [2.24, 2.45) is 0 Å². The normalized spacial score (nSPS) is 13.7. The number of ether oxygens (including phenoxy) is 1. The summed E-state index contributed by atoms with van der Waals surface area (Å²) in [6, 6.07) is 6.21. The molecule has 1 amide bonds. The minimum Gasteiger partial charge on any atom is -0.494 e. The summed E-state index contributed by atoms with van der Waals surface area (Å²) < 4.78 is 6.43. The lowest BCUT2D eigenvalue weighted by molar-refractivity contribution is -0.131. The van der Waals surface area contributed by atoms with E-state index in [1.165, 1.54) is 22.5 Å². The van der Waals surface area contributed by atoms with Crippen molar-refractivity contribution in [3.63, 3.8) is 0 Å². The molecule has 1 aromatic heterocycles. The van der Waals surface area contributed by atoms with Crippen molar-refractivity contribution >= 4 is 29.5 Å². The van der Waals surface area contributed by atoms with Crippen LogP contribution in [0, 0.1) is 10.9 Å². The molecule has 128 valence electrons. The van der Waals surface area contributed by atoms with E-state index < -0.39 is 0 Å². The molecule has 2 heterocycles. The lowest BCUT2D eigenvalue weighted by Gasteiger charge is -2.29. The first-order valence-electron chi connectivity index (χ1n) is 8.27. The summed E-state index contributed by atoms with van der Waals surface area (Å²) in [6.45, 7) is 6.25. The summed E-state index contributed by atoms with van der Waals surface area (Å²) in [6.07, 6.45) is 2.31. The maximum atomic E-state index is 12.6. The molecule has 1 aliphatic rings. The summed E-state index contributed by atoms with van der Waals surface area (Å²) in [5.74, 6) is 1.10. The Morgan fingerprint density at radius 3 is 2.96 bits per heavy atom. The Bertz CT molecular complexity index is 795. The number of rotatable bonds is 5. The Kier molecular flexibility index (Phi) is 5.36. The molecule has 0 saturated carbocycles. The third-order valence-electron chi connectivity index (χ3n) is 4.25. The van der Waals surface area contributed by atoms with Crippen LogP contribution in [0.4, 0.5) is 0 Å². The van der Waals surface area contributed by atoms with Gasteiger partial charge in [0.05, 0.1) is 13.0 Å². The summed E-state index contributed by atoms with van der Waals surface area (Å²) in [7, 11) is 0. The van der Waals surface area contributed by atoms with Gasteiger partial charge in [-0.1, -0.05) is 13.0 Å². The van der Waals surface area contributed by atoms with E-state index >= 15 is 0 Å². The zero-order chi connectivity index (χ0) is 17.1. The number of carbonyl (C=O) groups is 1. The highest BCUT2D eigenvalue weighted by Gasteiger charge is 2.22. The van der Waals surface area contributed by atoms with Crippen LogP contribution in [0.5, 0.6) is 5.75 Å². The van der Waals surface area contributed by atoms with Crippen LogP contribution in [0.3, 0.4) is 0 Å². The number of fused-ring (bicyclic) bond motifs is 1. The van der Waals surface area contributed by atoms with Crippen molar-refractivity contribution in [3.05, 3.63) is 43.9 Å². The van der Waals surface area contributed by atoms with Gasteiger partial charge in [0, 0.05) is 23.7 Å². The van der Waals surface area contributed by atoms with Crippen molar-refractivity contribution in [3.8, 4) is 5.75 Å². The van der Waals surface area contributed by atoms with E-state index in [1.807, 2.05) is 17.9 Å². The fourth-order valence-corrected chi connectivity index (χ4v) is 4.19. The van der Waals surface area contributed by atoms with Crippen LogP contribution in [-0.2, 0) is 24.2 Å². The third-order valence-corrected chi connectivity index (χ3v) is 5.59. The second-order valence-corrected chi connectivity index (χ2v) is 7.86. The van der Waals surface area contributed by atoms with Crippen LogP contribution in [0.2, 0.25) is 0 Å². The van der Waals surface area contributed by atoms with Crippen LogP contribution in [0.15, 0.2) is 18.2 Å². The van der Waals surface area contributed by atoms with Gasteiger partial charge in [-0.25, -0.2) is 0 Å². The van der Waals surface area contributed by atoms with Crippen LogP contribution in [-0.4, -0.2) is 28.9 Å². The summed E-state index contributed by atoms with van der Waals surface area (Å²) in [4.78, 5) is 18.7. The molecule has 1 aromatic carbocycles. The minimum atomic E-state index is 0.167. The fourth-order valence-electron chi connectivity index (χ4n) is 2.91. The van der Waals surface area contributed by atoms with Gasteiger partial charge in [-0.2, -0.15) is 0 Å². The van der Waals surface area contributed by atoms with Gasteiger partial charge in [0.1, 0.15) is 5.75 Å². The molecule has 1 N–H and O–H groups in total. The summed E-state index contributed by atoms with van der Waals surface area (Å²) >= 11 is 6.65. The maximum Gasteiger partial charge on any atom is 0.228 e. The number of thiazole rings is 1. The van der Waals surface area contributed by atoms with Crippen molar-refractivity contribution in [1.82, 2.24) is 9.88 Å². The average molecular weight is 363 g/mol. The molecule has 0 unspecified atom stereocenters. The molecule has 0 saturated heterocycles. The minimum absolute atomic E-state index is 0.167. The van der Waals surface area contributed by atoms with Crippen molar-refractivity contribution < 1.29 is 9.53 Å². The van der Waals surface area contributed by atoms with Gasteiger partial charge in [-0.3, -0.25) is 4.79 Å². The molecule has 0 radical (unpaired) electrons. The van der Waals surface area contributed by atoms with Crippen molar-refractivity contribution in [2.75, 3.05) is 13.2 Å². The second-order valence-electron chi connectivity index (χ2n) is 6.08. The van der Waals surface area contributed by atoms with Gasteiger partial charge in [-0.05, 0) is 55.2 Å². The molecule has 4 nitrogen and oxygen atoms in total. The average Bonchev–Trinajstić information content (AvgIpc) is 2.89. The van der Waals surface area contributed by atoms with Gasteiger partial charge in [0.15, 0.2) is 3.95 Å². The quantitative estimate of drug-likeness (QED) is 0.817. The summed E-state index contributed by atoms with van der Waals surface area (Å²) in [5, 5.41) is 0. The van der Waals surface area contributed by atoms with Crippen molar-refractivity contribution in [2.45, 2.75) is 39.7 Å². The van der Waals surface area contributed by atoms with Crippen molar-refractivity contribution in [1.29, 1.82) is 0 Å². The smallest absolute Gasteiger partial charge is 0.228 e. The highest BCUT2D eigenvalue weighted by Crippen LogP contribution is 2.25. The lowest BCUT2D eigenvalue weighted by Crippen LogP contribution is -2.36. The number of aryl methyl sites for hydroxylation is 1. The van der Waals surface area contributed by atoms with Gasteiger partial charge >= 0.3 is 0 Å². The number of nitrogens with zero attached hydrogens (tertiary/aromatic N) is 1. The number of amides is 1. The zero-order valence-corrected chi connectivity index (χ0v) is 15.7. The van der Waals surface area contributed by atoms with Gasteiger partial charge in [-0.15, -0.1) is 11.3 Å². The lowest BCUT2D eigenvalue weighted by atomic mass is 9.99. The molecule has 0 spiro atoms. The SMILES string of the molecule is CCCOc1ccc2c(c1)CCN(C(=O)Cc1sc(=S)[nH]c1C)C2. The van der Waals surface area contributed by atoms with E-state index in [4.69, 9.17) is 17.0 Å². The predicted molar refractivity (Wildman–Crippen MR) is 99.3 cm³/mol. The molecule has 24 heavy (non-hydrogen) atoms. The Balaban J connectivity index is 1.67. The first-order valence-corrected chi connectivity index (χ1v) is 9.50. The van der Waals surface area contributed by atoms with Crippen LogP contribution in [0.1, 0.15) is 35.0 Å². The fraction of sp³-hybridized carbons (Fsp3) is 0.444. The van der Waals surface area contributed by atoms with Crippen LogP contribution < -0.4 is 4.74 Å². The zero-order valence-electron chi connectivity index (χ0n) is 14.1. The number of carbonyl (C=O) groups excluding carboxylic acids is 1. The second kappa shape index (κ2) is 7.49. The topological polar surface area (TPSA) is 45.3 Å². The molecular formula is C18H22N2O2S2. The Labute approximate surface area is 151 Å². The first-order chi connectivity index (χ1) is 11.6. The Morgan fingerprint density at radius 1 is 1.42 bits per heavy atom. The standard InChI is InChI=1S/C18H22N2O2S2/c1-3-8-22-15-5-4-14-11-20(7-6-13(14)9-15)17(21)10-16-12(2)19-18(23)24-16/h4-5,9H,3,6-8,10-11H2,1-2H3,(H,19,23). The molecule has 6 heteroatoms. The van der Waals surface area contributed by atoms with E-state index in [0.29, 0.717) is 13.0 Å². The largest absolute Gasteiger partial charge is 0.494 e. The molecule has 0 fully saturated rings.